The number of hydrogen-bond donors (Lipinski definition) is 1. The number of rotatable bonds is 7. The highest BCUT2D eigenvalue weighted by Crippen LogP contribution is 2.39. The topological polar surface area (TPSA) is 96.1 Å². The van der Waals surface area contributed by atoms with Crippen LogP contribution in [0.4, 0.5) is 0 Å². The number of ether oxygens (including phenoxy) is 5. The molecule has 0 aliphatic carbocycles. The molecule has 0 aliphatic heterocycles. The van der Waals surface area contributed by atoms with Crippen LogP contribution in [0.25, 0.3) is 10.9 Å². The molecule has 8 heteroatoms. The Kier molecular flexibility index (Phi) is 5.63. The van der Waals surface area contributed by atoms with E-state index in [1.807, 2.05) is 0 Å². The second-order valence-corrected chi connectivity index (χ2v) is 6.02. The molecule has 2 aromatic carbocycles. The van der Waals surface area contributed by atoms with E-state index in [9.17, 15) is 9.59 Å². The first-order chi connectivity index (χ1) is 14.0. The Labute approximate surface area is 167 Å². The SMILES string of the molecule is COC(=O)c1[nH]c2ccc(OC)cc2c1C(=O)c1cc(OC)c(OC)c(OC)c1. The van der Waals surface area contributed by atoms with Crippen LogP contribution in [0.5, 0.6) is 23.0 Å². The second kappa shape index (κ2) is 8.14. The van der Waals surface area contributed by atoms with Gasteiger partial charge in [0.1, 0.15) is 11.4 Å². The van der Waals surface area contributed by atoms with Gasteiger partial charge in [-0.3, -0.25) is 4.79 Å². The molecule has 0 fully saturated rings. The molecular formula is C21H21NO7. The summed E-state index contributed by atoms with van der Waals surface area (Å²) in [4.78, 5) is 28.8. The lowest BCUT2D eigenvalue weighted by Gasteiger charge is -2.14. The van der Waals surface area contributed by atoms with E-state index < -0.39 is 11.8 Å². The molecule has 0 saturated carbocycles. The normalized spacial score (nSPS) is 10.5. The van der Waals surface area contributed by atoms with Crippen molar-refractivity contribution in [3.05, 3.63) is 47.2 Å². The highest BCUT2D eigenvalue weighted by Gasteiger charge is 2.27. The van der Waals surface area contributed by atoms with Crippen LogP contribution in [-0.2, 0) is 4.74 Å². The smallest absolute Gasteiger partial charge is 0.355 e. The quantitative estimate of drug-likeness (QED) is 0.481. The summed E-state index contributed by atoms with van der Waals surface area (Å²) >= 11 is 0. The summed E-state index contributed by atoms with van der Waals surface area (Å²) in [5.41, 5.74) is 1.07. The zero-order valence-electron chi connectivity index (χ0n) is 16.7. The lowest BCUT2D eigenvalue weighted by atomic mass is 9.99. The molecule has 0 atom stereocenters. The Hall–Kier alpha value is -3.68. The number of nitrogens with one attached hydrogen (secondary N) is 1. The number of carbonyl (C=O) groups is 2. The van der Waals surface area contributed by atoms with Crippen LogP contribution in [-0.4, -0.2) is 52.3 Å². The summed E-state index contributed by atoms with van der Waals surface area (Å²) in [5, 5.41) is 0.531. The zero-order valence-corrected chi connectivity index (χ0v) is 16.7. The van der Waals surface area contributed by atoms with Gasteiger partial charge in [0.15, 0.2) is 17.3 Å². The molecule has 1 heterocycles. The molecule has 1 N–H and O–H groups in total. The first-order valence-corrected chi connectivity index (χ1v) is 8.61. The minimum absolute atomic E-state index is 0.0505. The second-order valence-electron chi connectivity index (χ2n) is 6.02. The number of esters is 1. The number of ketones is 1. The molecule has 0 amide bonds. The Balaban J connectivity index is 2.27. The minimum Gasteiger partial charge on any atom is -0.497 e. The average Bonchev–Trinajstić information content (AvgIpc) is 3.15. The van der Waals surface area contributed by atoms with Crippen molar-refractivity contribution >= 4 is 22.7 Å². The molecule has 152 valence electrons. The van der Waals surface area contributed by atoms with Gasteiger partial charge in [0.25, 0.3) is 0 Å². The van der Waals surface area contributed by atoms with E-state index in [1.54, 1.807) is 18.2 Å². The third-order valence-corrected chi connectivity index (χ3v) is 4.55. The van der Waals surface area contributed by atoms with Crippen LogP contribution in [0.3, 0.4) is 0 Å². The highest BCUT2D eigenvalue weighted by molar-refractivity contribution is 6.21. The molecule has 3 rings (SSSR count). The first kappa shape index (κ1) is 20.1. The fourth-order valence-corrected chi connectivity index (χ4v) is 3.15. The fourth-order valence-electron chi connectivity index (χ4n) is 3.15. The van der Waals surface area contributed by atoms with Crippen molar-refractivity contribution < 1.29 is 33.3 Å². The van der Waals surface area contributed by atoms with Gasteiger partial charge in [-0.25, -0.2) is 4.79 Å². The standard InChI is InChI=1S/C21H21NO7/c1-25-12-6-7-14-13(10-12)17(18(22-14)21(24)29-5)19(23)11-8-15(26-2)20(28-4)16(9-11)27-3/h6-10,22H,1-5H3. The maximum Gasteiger partial charge on any atom is 0.355 e. The van der Waals surface area contributed by atoms with Crippen LogP contribution in [0.1, 0.15) is 26.4 Å². The molecule has 0 aliphatic rings. The van der Waals surface area contributed by atoms with Crippen molar-refractivity contribution in [1.29, 1.82) is 0 Å². The number of fused-ring (bicyclic) bond motifs is 1. The summed E-state index contributed by atoms with van der Waals surface area (Å²) in [6.45, 7) is 0. The van der Waals surface area contributed by atoms with Crippen molar-refractivity contribution in [2.24, 2.45) is 0 Å². The molecule has 1 aromatic heterocycles. The molecule has 3 aromatic rings. The Morgan fingerprint density at radius 3 is 2.00 bits per heavy atom. The summed E-state index contributed by atoms with van der Waals surface area (Å²) in [6, 6.07) is 8.21. The molecular weight excluding hydrogens is 378 g/mol. The Morgan fingerprint density at radius 1 is 0.828 bits per heavy atom. The van der Waals surface area contributed by atoms with Gasteiger partial charge in [0.2, 0.25) is 5.75 Å². The van der Waals surface area contributed by atoms with Gasteiger partial charge in [-0.2, -0.15) is 0 Å². The molecule has 0 unspecified atom stereocenters. The van der Waals surface area contributed by atoms with Crippen LogP contribution in [0.2, 0.25) is 0 Å². The van der Waals surface area contributed by atoms with E-state index in [-0.39, 0.29) is 16.8 Å². The van der Waals surface area contributed by atoms with Crippen LogP contribution < -0.4 is 18.9 Å². The van der Waals surface area contributed by atoms with Crippen molar-refractivity contribution in [3.8, 4) is 23.0 Å². The number of methoxy groups -OCH3 is 5. The molecule has 8 nitrogen and oxygen atoms in total. The van der Waals surface area contributed by atoms with Crippen LogP contribution in [0.15, 0.2) is 30.3 Å². The Bertz CT molecular complexity index is 1060. The lowest BCUT2D eigenvalue weighted by molar-refractivity contribution is 0.0592. The largest absolute Gasteiger partial charge is 0.497 e. The van der Waals surface area contributed by atoms with E-state index in [0.717, 1.165) is 0 Å². The molecule has 0 spiro atoms. The van der Waals surface area contributed by atoms with Gasteiger partial charge in [-0.15, -0.1) is 0 Å². The van der Waals surface area contributed by atoms with Crippen LogP contribution in [0, 0.1) is 0 Å². The monoisotopic (exact) mass is 399 g/mol. The van der Waals surface area contributed by atoms with E-state index in [0.29, 0.717) is 33.9 Å². The van der Waals surface area contributed by atoms with Crippen molar-refractivity contribution in [3.63, 3.8) is 0 Å². The van der Waals surface area contributed by atoms with Gasteiger partial charge < -0.3 is 28.7 Å². The highest BCUT2D eigenvalue weighted by atomic mass is 16.5. The fraction of sp³-hybridized carbons (Fsp3) is 0.238. The van der Waals surface area contributed by atoms with E-state index in [1.165, 1.54) is 47.7 Å². The first-order valence-electron chi connectivity index (χ1n) is 8.61. The number of H-pyrrole nitrogens is 1. The summed E-state index contributed by atoms with van der Waals surface area (Å²) in [5.74, 6) is 0.492. The predicted molar refractivity (Wildman–Crippen MR) is 106 cm³/mol. The minimum atomic E-state index is -0.657. The number of aromatic amines is 1. The molecule has 0 radical (unpaired) electrons. The van der Waals surface area contributed by atoms with Gasteiger partial charge in [0.05, 0.1) is 41.1 Å². The molecule has 0 bridgehead atoms. The van der Waals surface area contributed by atoms with E-state index in [2.05, 4.69) is 4.98 Å². The molecule has 29 heavy (non-hydrogen) atoms. The third kappa shape index (κ3) is 3.44. The van der Waals surface area contributed by atoms with Crippen LogP contribution >= 0.6 is 0 Å². The average molecular weight is 399 g/mol. The van der Waals surface area contributed by atoms with Gasteiger partial charge in [-0.05, 0) is 30.3 Å². The summed E-state index contributed by atoms with van der Waals surface area (Å²) in [7, 11) is 7.17. The lowest BCUT2D eigenvalue weighted by Crippen LogP contribution is -2.11. The molecule has 0 saturated heterocycles. The number of carbonyl (C=O) groups excluding carboxylic acids is 2. The van der Waals surface area contributed by atoms with Crippen molar-refractivity contribution in [2.45, 2.75) is 0 Å². The van der Waals surface area contributed by atoms with Gasteiger partial charge in [-0.1, -0.05) is 0 Å². The zero-order chi connectivity index (χ0) is 21.1. The van der Waals surface area contributed by atoms with E-state index >= 15 is 0 Å². The van der Waals surface area contributed by atoms with Gasteiger partial charge in [0, 0.05) is 16.5 Å². The summed E-state index contributed by atoms with van der Waals surface area (Å²) in [6.07, 6.45) is 0. The number of aromatic nitrogens is 1. The van der Waals surface area contributed by atoms with E-state index in [4.69, 9.17) is 23.7 Å². The number of benzene rings is 2. The number of hydrogen-bond acceptors (Lipinski definition) is 7. The van der Waals surface area contributed by atoms with Crippen molar-refractivity contribution in [1.82, 2.24) is 4.98 Å². The maximum atomic E-state index is 13.5. The predicted octanol–water partition coefficient (Wildman–Crippen LogP) is 3.22. The Morgan fingerprint density at radius 2 is 1.48 bits per heavy atom. The van der Waals surface area contributed by atoms with Gasteiger partial charge >= 0.3 is 5.97 Å². The summed E-state index contributed by atoms with van der Waals surface area (Å²) < 4.78 is 26.1. The van der Waals surface area contributed by atoms with Crippen molar-refractivity contribution in [2.75, 3.05) is 35.5 Å². The maximum absolute atomic E-state index is 13.5. The third-order valence-electron chi connectivity index (χ3n) is 4.55.